The summed E-state index contributed by atoms with van der Waals surface area (Å²) in [6, 6.07) is 15.2. The number of ether oxygens (including phenoxy) is 1. The SMILES string of the molecule is CC(C)CCNCCOc1cccc(-c2ccc(C(N)=O)cc2)c1.O=C(O)C(F)(F)F. The lowest BCUT2D eigenvalue weighted by atomic mass is 10.0. The van der Waals surface area contributed by atoms with Gasteiger partial charge in [-0.2, -0.15) is 13.2 Å². The number of alkyl halides is 3. The molecule has 0 aliphatic rings. The van der Waals surface area contributed by atoms with E-state index in [4.69, 9.17) is 20.4 Å². The second kappa shape index (κ2) is 12.6. The molecule has 0 unspecified atom stereocenters. The zero-order chi connectivity index (χ0) is 23.4. The molecule has 2 rings (SSSR count). The molecule has 1 amide bonds. The van der Waals surface area contributed by atoms with Crippen molar-refractivity contribution in [3.63, 3.8) is 0 Å². The van der Waals surface area contributed by atoms with Crippen molar-refractivity contribution in [1.82, 2.24) is 5.32 Å². The maximum Gasteiger partial charge on any atom is 0.490 e. The molecule has 4 N–H and O–H groups in total. The molecule has 9 heteroatoms. The van der Waals surface area contributed by atoms with Crippen LogP contribution in [0.3, 0.4) is 0 Å². The second-order valence-electron chi connectivity index (χ2n) is 7.05. The third-order valence-corrected chi connectivity index (χ3v) is 4.03. The Labute approximate surface area is 179 Å². The number of hydrogen-bond acceptors (Lipinski definition) is 4. The van der Waals surface area contributed by atoms with Gasteiger partial charge in [0.1, 0.15) is 12.4 Å². The molecule has 2 aromatic rings. The number of aliphatic carboxylic acids is 1. The smallest absolute Gasteiger partial charge is 0.490 e. The van der Waals surface area contributed by atoms with Crippen molar-refractivity contribution >= 4 is 11.9 Å². The van der Waals surface area contributed by atoms with Crippen molar-refractivity contribution < 1.29 is 32.6 Å². The molecule has 170 valence electrons. The molecule has 0 radical (unpaired) electrons. The Morgan fingerprint density at radius 3 is 2.19 bits per heavy atom. The van der Waals surface area contributed by atoms with Crippen LogP contribution in [-0.4, -0.2) is 42.9 Å². The van der Waals surface area contributed by atoms with Crippen LogP contribution < -0.4 is 15.8 Å². The Hall–Kier alpha value is -3.07. The fraction of sp³-hybridized carbons (Fsp3) is 0.364. The Morgan fingerprint density at radius 2 is 1.68 bits per heavy atom. The van der Waals surface area contributed by atoms with E-state index in [-0.39, 0.29) is 0 Å². The number of halogens is 3. The summed E-state index contributed by atoms with van der Waals surface area (Å²) in [6.45, 7) is 6.94. The van der Waals surface area contributed by atoms with Crippen LogP contribution in [0.2, 0.25) is 0 Å². The van der Waals surface area contributed by atoms with E-state index >= 15 is 0 Å². The molecule has 0 aromatic heterocycles. The van der Waals surface area contributed by atoms with Crippen LogP contribution in [0, 0.1) is 5.92 Å². The lowest BCUT2D eigenvalue weighted by Crippen LogP contribution is -2.23. The fourth-order valence-corrected chi connectivity index (χ4v) is 2.35. The number of benzene rings is 2. The topological polar surface area (TPSA) is 102 Å². The maximum absolute atomic E-state index is 11.1. The van der Waals surface area contributed by atoms with E-state index in [0.717, 1.165) is 35.9 Å². The number of nitrogens with one attached hydrogen (secondary N) is 1. The molecule has 0 saturated heterocycles. The van der Waals surface area contributed by atoms with Gasteiger partial charge in [0, 0.05) is 12.1 Å². The quantitative estimate of drug-likeness (QED) is 0.510. The van der Waals surface area contributed by atoms with Crippen LogP contribution in [-0.2, 0) is 4.79 Å². The average Bonchev–Trinajstić information content (AvgIpc) is 2.70. The van der Waals surface area contributed by atoms with Crippen molar-refractivity contribution in [3.05, 3.63) is 54.1 Å². The number of carbonyl (C=O) groups excluding carboxylic acids is 1. The molecule has 0 saturated carbocycles. The standard InChI is InChI=1S/C20H26N2O2.C2HF3O2/c1-15(2)10-11-22-12-13-24-19-5-3-4-18(14-19)16-6-8-17(9-7-16)20(21)23;3-2(4,5)1(6)7/h3-9,14-15,22H,10-13H2,1-2H3,(H2,21,23);(H,6,7). The first kappa shape index (κ1) is 26.0. The van der Waals surface area contributed by atoms with Crippen molar-refractivity contribution in [3.8, 4) is 16.9 Å². The van der Waals surface area contributed by atoms with Gasteiger partial charge < -0.3 is 20.9 Å². The molecular formula is C22H27F3N2O4. The predicted molar refractivity (Wildman–Crippen MR) is 112 cm³/mol. The number of carbonyl (C=O) groups is 2. The molecule has 0 spiro atoms. The van der Waals surface area contributed by atoms with Crippen molar-refractivity contribution in [1.29, 1.82) is 0 Å². The molecule has 31 heavy (non-hydrogen) atoms. The summed E-state index contributed by atoms with van der Waals surface area (Å²) in [6.07, 6.45) is -3.91. The van der Waals surface area contributed by atoms with Crippen LogP contribution in [0.4, 0.5) is 13.2 Å². The minimum absolute atomic E-state index is 0.413. The molecular weight excluding hydrogens is 413 g/mol. The zero-order valence-electron chi connectivity index (χ0n) is 17.4. The normalized spacial score (nSPS) is 10.9. The van der Waals surface area contributed by atoms with Crippen molar-refractivity contribution in [2.45, 2.75) is 26.4 Å². The zero-order valence-corrected chi connectivity index (χ0v) is 17.4. The second-order valence-corrected chi connectivity index (χ2v) is 7.05. The molecule has 0 fully saturated rings. The lowest BCUT2D eigenvalue weighted by Gasteiger charge is -2.10. The Morgan fingerprint density at radius 1 is 1.06 bits per heavy atom. The van der Waals surface area contributed by atoms with Crippen LogP contribution >= 0.6 is 0 Å². The number of carboxylic acid groups (broad SMARTS) is 1. The summed E-state index contributed by atoms with van der Waals surface area (Å²) in [4.78, 5) is 20.0. The highest BCUT2D eigenvalue weighted by molar-refractivity contribution is 5.93. The van der Waals surface area contributed by atoms with Gasteiger partial charge in [0.25, 0.3) is 0 Å². The van der Waals surface area contributed by atoms with Gasteiger partial charge in [-0.1, -0.05) is 38.1 Å². The molecule has 0 aliphatic heterocycles. The monoisotopic (exact) mass is 440 g/mol. The number of rotatable bonds is 9. The van der Waals surface area contributed by atoms with Gasteiger partial charge in [-0.3, -0.25) is 4.79 Å². The van der Waals surface area contributed by atoms with Gasteiger partial charge in [0.15, 0.2) is 0 Å². The highest BCUT2D eigenvalue weighted by Gasteiger charge is 2.38. The summed E-state index contributed by atoms with van der Waals surface area (Å²) in [5.74, 6) is -1.61. The largest absolute Gasteiger partial charge is 0.492 e. The molecule has 6 nitrogen and oxygen atoms in total. The summed E-state index contributed by atoms with van der Waals surface area (Å²) < 4.78 is 37.5. The van der Waals surface area contributed by atoms with Gasteiger partial charge in [-0.25, -0.2) is 4.79 Å². The summed E-state index contributed by atoms with van der Waals surface area (Å²) >= 11 is 0. The van der Waals surface area contributed by atoms with E-state index in [0.29, 0.717) is 12.2 Å². The Balaban J connectivity index is 0.000000592. The first-order chi connectivity index (χ1) is 14.5. The van der Waals surface area contributed by atoms with E-state index in [1.54, 1.807) is 12.1 Å². The lowest BCUT2D eigenvalue weighted by molar-refractivity contribution is -0.192. The Kier molecular flexibility index (Phi) is 10.5. The highest BCUT2D eigenvalue weighted by atomic mass is 19.4. The first-order valence-electron chi connectivity index (χ1n) is 9.64. The van der Waals surface area contributed by atoms with E-state index in [9.17, 15) is 18.0 Å². The van der Waals surface area contributed by atoms with Crippen LogP contribution in [0.15, 0.2) is 48.5 Å². The van der Waals surface area contributed by atoms with Gasteiger partial charge in [0.05, 0.1) is 0 Å². The average molecular weight is 440 g/mol. The number of nitrogens with two attached hydrogens (primary N) is 1. The number of primary amides is 1. The molecule has 0 atom stereocenters. The predicted octanol–water partition coefficient (Wildman–Crippen LogP) is 4.10. The van der Waals surface area contributed by atoms with Crippen LogP contribution in [0.5, 0.6) is 5.75 Å². The minimum atomic E-state index is -5.08. The third-order valence-electron chi connectivity index (χ3n) is 4.03. The van der Waals surface area contributed by atoms with E-state index in [1.165, 1.54) is 6.42 Å². The van der Waals surface area contributed by atoms with Crippen LogP contribution in [0.1, 0.15) is 30.6 Å². The van der Waals surface area contributed by atoms with Crippen molar-refractivity contribution in [2.24, 2.45) is 11.7 Å². The van der Waals surface area contributed by atoms with Gasteiger partial charge >= 0.3 is 12.1 Å². The molecule has 0 heterocycles. The molecule has 2 aromatic carbocycles. The van der Waals surface area contributed by atoms with Gasteiger partial charge in [0.2, 0.25) is 5.91 Å². The molecule has 0 bridgehead atoms. The summed E-state index contributed by atoms with van der Waals surface area (Å²) in [5, 5.41) is 10.5. The summed E-state index contributed by atoms with van der Waals surface area (Å²) in [5.41, 5.74) is 7.86. The van der Waals surface area contributed by atoms with Crippen LogP contribution in [0.25, 0.3) is 11.1 Å². The number of carboxylic acids is 1. The number of amides is 1. The minimum Gasteiger partial charge on any atom is -0.492 e. The fourth-order valence-electron chi connectivity index (χ4n) is 2.35. The summed E-state index contributed by atoms with van der Waals surface area (Å²) in [7, 11) is 0. The Bertz CT molecular complexity index is 837. The van der Waals surface area contributed by atoms with E-state index in [1.807, 2.05) is 36.4 Å². The first-order valence-corrected chi connectivity index (χ1v) is 9.64. The molecule has 0 aliphatic carbocycles. The highest BCUT2D eigenvalue weighted by Crippen LogP contribution is 2.24. The number of hydrogen-bond donors (Lipinski definition) is 3. The van der Waals surface area contributed by atoms with Gasteiger partial charge in [-0.15, -0.1) is 0 Å². The third kappa shape index (κ3) is 10.5. The maximum atomic E-state index is 11.1. The van der Waals surface area contributed by atoms with E-state index < -0.39 is 18.1 Å². The van der Waals surface area contributed by atoms with E-state index in [2.05, 4.69) is 19.2 Å². The van der Waals surface area contributed by atoms with Gasteiger partial charge in [-0.05, 0) is 54.3 Å². The van der Waals surface area contributed by atoms with Crippen molar-refractivity contribution in [2.75, 3.05) is 19.7 Å².